The Morgan fingerprint density at radius 3 is 2.48 bits per heavy atom. The lowest BCUT2D eigenvalue weighted by Gasteiger charge is -2.65. The molecule has 3 nitrogen and oxygen atoms in total. The summed E-state index contributed by atoms with van der Waals surface area (Å²) in [5, 5.41) is 21.1. The normalized spacial score (nSPS) is 57.0. The largest absolute Gasteiger partial charge is 0.390 e. The molecule has 2 bridgehead atoms. The second-order valence-corrected chi connectivity index (χ2v) is 9.98. The maximum atomic E-state index is 12.8. The Hall–Kier alpha value is -0.670. The van der Waals surface area contributed by atoms with Crippen molar-refractivity contribution in [1.29, 1.82) is 0 Å². The molecule has 3 fully saturated rings. The van der Waals surface area contributed by atoms with Crippen molar-refractivity contribution in [2.24, 2.45) is 33.5 Å². The molecule has 0 aliphatic heterocycles. The first-order valence-corrected chi connectivity index (χ1v) is 9.15. The lowest BCUT2D eigenvalue weighted by atomic mass is 9.39. The molecule has 4 aliphatic rings. The lowest BCUT2D eigenvalue weighted by molar-refractivity contribution is -0.213. The third-order valence-electron chi connectivity index (χ3n) is 8.36. The zero-order valence-electron chi connectivity index (χ0n) is 14.8. The van der Waals surface area contributed by atoms with Crippen molar-refractivity contribution in [2.45, 2.75) is 72.0 Å². The fraction of sp³-hybridized carbons (Fsp3) is 0.850. The molecule has 128 valence electrons. The van der Waals surface area contributed by atoms with E-state index in [0.29, 0.717) is 30.5 Å². The number of aliphatic hydroxyl groups is 2. The second kappa shape index (κ2) is 4.29. The molecule has 23 heavy (non-hydrogen) atoms. The van der Waals surface area contributed by atoms with Gasteiger partial charge in [-0.25, -0.2) is 0 Å². The van der Waals surface area contributed by atoms with Crippen LogP contribution >= 0.6 is 0 Å². The Kier molecular flexibility index (Phi) is 2.95. The van der Waals surface area contributed by atoms with Crippen LogP contribution in [-0.2, 0) is 4.79 Å². The van der Waals surface area contributed by atoms with Crippen LogP contribution in [0.3, 0.4) is 0 Å². The summed E-state index contributed by atoms with van der Waals surface area (Å²) in [5.41, 5.74) is -0.514. The minimum absolute atomic E-state index is 0.0773. The van der Waals surface area contributed by atoms with E-state index in [0.717, 1.165) is 19.3 Å². The average Bonchev–Trinajstić information content (AvgIpc) is 2.75. The summed E-state index contributed by atoms with van der Waals surface area (Å²) in [4.78, 5) is 12.8. The van der Waals surface area contributed by atoms with Crippen molar-refractivity contribution in [3.63, 3.8) is 0 Å². The number of ketones is 1. The summed E-state index contributed by atoms with van der Waals surface area (Å²) in [6.45, 7) is 8.57. The van der Waals surface area contributed by atoms with E-state index in [9.17, 15) is 15.0 Å². The summed E-state index contributed by atoms with van der Waals surface area (Å²) >= 11 is 0. The van der Waals surface area contributed by atoms with E-state index in [2.05, 4.69) is 39.8 Å². The summed E-state index contributed by atoms with van der Waals surface area (Å²) in [7, 11) is 0. The van der Waals surface area contributed by atoms with Crippen LogP contribution < -0.4 is 0 Å². The molecule has 4 aliphatic carbocycles. The van der Waals surface area contributed by atoms with E-state index in [1.54, 1.807) is 0 Å². The van der Waals surface area contributed by atoms with E-state index >= 15 is 0 Å². The summed E-state index contributed by atoms with van der Waals surface area (Å²) in [6.07, 6.45) is 7.55. The molecule has 0 radical (unpaired) electrons. The van der Waals surface area contributed by atoms with Gasteiger partial charge >= 0.3 is 0 Å². The van der Waals surface area contributed by atoms with Crippen LogP contribution in [-0.4, -0.2) is 28.2 Å². The van der Waals surface area contributed by atoms with Gasteiger partial charge in [0.25, 0.3) is 0 Å². The molecule has 0 aromatic heterocycles. The van der Waals surface area contributed by atoms with Gasteiger partial charge in [-0.3, -0.25) is 4.79 Å². The minimum Gasteiger partial charge on any atom is -0.390 e. The fourth-order valence-electron chi connectivity index (χ4n) is 7.20. The predicted octanol–water partition coefficient (Wildman–Crippen LogP) is 3.10. The number of rotatable bonds is 0. The van der Waals surface area contributed by atoms with Crippen molar-refractivity contribution in [3.8, 4) is 0 Å². The monoisotopic (exact) mass is 318 g/mol. The summed E-state index contributed by atoms with van der Waals surface area (Å²) in [6, 6.07) is 0. The number of hydrogen-bond donors (Lipinski definition) is 2. The van der Waals surface area contributed by atoms with Crippen LogP contribution in [0.1, 0.15) is 59.8 Å². The highest BCUT2D eigenvalue weighted by Gasteiger charge is 2.67. The number of allylic oxidation sites excluding steroid dienone is 2. The zero-order chi connectivity index (χ0) is 16.8. The zero-order valence-corrected chi connectivity index (χ0v) is 14.8. The van der Waals surface area contributed by atoms with Crippen LogP contribution in [0.4, 0.5) is 0 Å². The van der Waals surface area contributed by atoms with Crippen molar-refractivity contribution in [2.75, 3.05) is 0 Å². The number of hydrogen-bond acceptors (Lipinski definition) is 3. The van der Waals surface area contributed by atoms with Gasteiger partial charge in [0.2, 0.25) is 0 Å². The van der Waals surface area contributed by atoms with Crippen LogP contribution in [0.2, 0.25) is 0 Å². The molecule has 3 saturated carbocycles. The molecule has 0 saturated heterocycles. The number of fused-ring (bicyclic) bond motifs is 3. The molecule has 0 unspecified atom stereocenters. The predicted molar refractivity (Wildman–Crippen MR) is 88.7 cm³/mol. The molecule has 3 heteroatoms. The molecule has 1 spiro atoms. The molecular weight excluding hydrogens is 288 g/mol. The van der Waals surface area contributed by atoms with Gasteiger partial charge in [-0.05, 0) is 60.7 Å². The van der Waals surface area contributed by atoms with Crippen molar-refractivity contribution in [3.05, 3.63) is 12.2 Å². The molecule has 0 aromatic carbocycles. The second-order valence-electron chi connectivity index (χ2n) is 9.98. The van der Waals surface area contributed by atoms with Gasteiger partial charge in [0.15, 0.2) is 0 Å². The molecule has 0 heterocycles. The van der Waals surface area contributed by atoms with Crippen molar-refractivity contribution in [1.82, 2.24) is 0 Å². The molecule has 4 rings (SSSR count). The highest BCUT2D eigenvalue weighted by atomic mass is 16.3. The van der Waals surface area contributed by atoms with Crippen LogP contribution in [0, 0.1) is 33.5 Å². The van der Waals surface area contributed by atoms with Gasteiger partial charge in [0.1, 0.15) is 5.78 Å². The molecular formula is C20H30O3. The number of aliphatic hydroxyl groups excluding tert-OH is 2. The number of Topliss-reactive ketones (excluding diaryl/α,β-unsaturated/α-hetero) is 1. The topological polar surface area (TPSA) is 57.5 Å². The quantitative estimate of drug-likeness (QED) is 0.675. The van der Waals surface area contributed by atoms with Gasteiger partial charge in [-0.1, -0.05) is 32.9 Å². The Balaban J connectivity index is 1.80. The first-order valence-electron chi connectivity index (χ1n) is 9.15. The van der Waals surface area contributed by atoms with Gasteiger partial charge < -0.3 is 10.2 Å². The number of carbonyl (C=O) groups excluding carboxylic acids is 1. The van der Waals surface area contributed by atoms with Crippen LogP contribution in [0.15, 0.2) is 12.2 Å². The summed E-state index contributed by atoms with van der Waals surface area (Å²) in [5.74, 6) is 1.02. The molecule has 7 atom stereocenters. The number of carbonyl (C=O) groups is 1. The smallest absolute Gasteiger partial charge is 0.142 e. The van der Waals surface area contributed by atoms with Gasteiger partial charge in [-0.15, -0.1) is 0 Å². The summed E-state index contributed by atoms with van der Waals surface area (Å²) < 4.78 is 0. The van der Waals surface area contributed by atoms with Gasteiger partial charge in [0, 0.05) is 11.8 Å². The SMILES string of the molecule is CC1(C)[C@H](O)[C@@H](O)C[C@]2(C)[C@@H]1CC[C@]13C=C[C@](C)(C1)C(=O)C[C@H]32. The van der Waals surface area contributed by atoms with Crippen molar-refractivity contribution >= 4 is 5.78 Å². The van der Waals surface area contributed by atoms with E-state index in [4.69, 9.17) is 0 Å². The van der Waals surface area contributed by atoms with E-state index < -0.39 is 12.2 Å². The standard InChI is InChI=1S/C20H30O3/c1-17(2)13-5-6-20-8-7-18(3,11-20)15(22)9-14(20)19(13,4)10-12(21)16(17)23/h7-8,12-14,16,21,23H,5-6,9-11H2,1-4H3/t12-,13+,14-,16+,18+,19+,20-/m0/s1. The highest BCUT2D eigenvalue weighted by Crippen LogP contribution is 2.70. The Bertz CT molecular complexity index is 594. The third-order valence-corrected chi connectivity index (χ3v) is 8.36. The lowest BCUT2D eigenvalue weighted by Crippen LogP contribution is -2.64. The van der Waals surface area contributed by atoms with Crippen molar-refractivity contribution < 1.29 is 15.0 Å². The van der Waals surface area contributed by atoms with E-state index in [1.165, 1.54) is 0 Å². The maximum absolute atomic E-state index is 12.8. The minimum atomic E-state index is -0.685. The molecule has 0 amide bonds. The Morgan fingerprint density at radius 2 is 1.78 bits per heavy atom. The highest BCUT2D eigenvalue weighted by molar-refractivity contribution is 5.89. The molecule has 0 aromatic rings. The van der Waals surface area contributed by atoms with Gasteiger partial charge in [0.05, 0.1) is 12.2 Å². The Morgan fingerprint density at radius 1 is 1.09 bits per heavy atom. The van der Waals surface area contributed by atoms with E-state index in [1.807, 2.05) is 0 Å². The van der Waals surface area contributed by atoms with Crippen LogP contribution in [0.5, 0.6) is 0 Å². The average molecular weight is 318 g/mol. The molecule has 2 N–H and O–H groups in total. The fourth-order valence-corrected chi connectivity index (χ4v) is 7.20. The first kappa shape index (κ1) is 15.8. The van der Waals surface area contributed by atoms with Crippen LogP contribution in [0.25, 0.3) is 0 Å². The maximum Gasteiger partial charge on any atom is 0.142 e. The first-order chi connectivity index (χ1) is 10.6. The van der Waals surface area contributed by atoms with E-state index in [-0.39, 0.29) is 21.7 Å². The third kappa shape index (κ3) is 1.76. The Labute approximate surface area is 139 Å². The van der Waals surface area contributed by atoms with Gasteiger partial charge in [-0.2, -0.15) is 0 Å².